The van der Waals surface area contributed by atoms with Crippen LogP contribution in [0.5, 0.6) is 0 Å². The summed E-state index contributed by atoms with van der Waals surface area (Å²) < 4.78 is 31.8. The molecule has 1 N–H and O–H groups in total. The number of imidazole rings is 5. The molecule has 15 aromatic rings. The van der Waals surface area contributed by atoms with Crippen LogP contribution in [-0.2, 0) is 66.9 Å². The Kier molecular flexibility index (Phi) is 41.3. The Bertz CT molecular complexity index is 6010. The van der Waals surface area contributed by atoms with Gasteiger partial charge in [0.25, 0.3) is 0 Å². The van der Waals surface area contributed by atoms with E-state index < -0.39 is 40.4 Å². The molecule has 0 radical (unpaired) electrons. The largest absolute Gasteiger partial charge is 0.424 e. The predicted molar refractivity (Wildman–Crippen MR) is 555 cm³/mol. The van der Waals surface area contributed by atoms with Crippen LogP contribution in [0.4, 0.5) is 0 Å². The average Bonchev–Trinajstić information content (AvgIpc) is 1.62. The SMILES string of the molecule is C.C[Si](C)(C)C#Cc1nc(-c2ccc(Cl)cc2)c(-c2ccncn2)n1COCC[Si](C)(C)C.C[Si](C)(C)CCOCn1[c-]nc(-c2ccc(Cl)cc2)c1-c1ccncn1.C[Si](C)(C)CCOCn1cnc(-c2ccc(Cl)cc2)c1-c1ccncn1.C[Si](C)(C)CCOCn1cnc(-c2ccncn2)c1-c1ccc(Cl)cc1.Clc1ccc(-c2nc(/C=C/Br)[nH]c2-c2ccncn2)cc1.[W]. The second-order valence-electron chi connectivity index (χ2n) is 36.3. The van der Waals surface area contributed by atoms with Crippen LogP contribution in [0.25, 0.3) is 119 Å². The van der Waals surface area contributed by atoms with E-state index in [1.807, 2.05) is 176 Å². The normalized spacial score (nSPS) is 11.5. The van der Waals surface area contributed by atoms with Crippen LogP contribution in [-0.4, -0.2) is 165 Å². The summed E-state index contributed by atoms with van der Waals surface area (Å²) in [5, 5.41) is 3.47. The van der Waals surface area contributed by atoms with Crippen molar-refractivity contribution in [2.45, 2.75) is 157 Å². The zero-order valence-electron chi connectivity index (χ0n) is 76.8. The monoisotopic (exact) mass is 2200 g/mol. The maximum Gasteiger partial charge on any atom is 0.187 e. The van der Waals surface area contributed by atoms with E-state index in [1.54, 1.807) is 61.3 Å². The molecule has 0 saturated heterocycles. The first-order valence-electron chi connectivity index (χ1n) is 42.6. The molecule has 0 aliphatic heterocycles. The Morgan fingerprint density at radius 2 is 0.729 bits per heavy atom. The molecule has 5 aromatic carbocycles. The topological polar surface area (TPSA) is 266 Å². The molecule has 0 atom stereocenters. The fourth-order valence-corrected chi connectivity index (χ4v) is 16.9. The van der Waals surface area contributed by atoms with Crippen LogP contribution in [0.3, 0.4) is 0 Å². The maximum absolute atomic E-state index is 6.14. The van der Waals surface area contributed by atoms with Gasteiger partial charge in [-0.2, -0.15) is 0 Å². The van der Waals surface area contributed by atoms with Crippen molar-refractivity contribution in [3.8, 4) is 125 Å². The molecular formula is C97H113BrCl5N20O4Si5W-. The summed E-state index contributed by atoms with van der Waals surface area (Å²) in [5.41, 5.74) is 20.9. The van der Waals surface area contributed by atoms with Gasteiger partial charge in [0.05, 0.1) is 75.3 Å². The molecule has 0 spiro atoms. The number of aromatic amines is 1. The minimum atomic E-state index is -1.59. The van der Waals surface area contributed by atoms with E-state index in [2.05, 4.69) is 207 Å². The quantitative estimate of drug-likeness (QED) is 0.0183. The van der Waals surface area contributed by atoms with Gasteiger partial charge >= 0.3 is 0 Å². The van der Waals surface area contributed by atoms with Gasteiger partial charge in [-0.05, 0) is 132 Å². The molecule has 133 heavy (non-hydrogen) atoms. The summed E-state index contributed by atoms with van der Waals surface area (Å²) in [6.45, 7) is 39.5. The van der Waals surface area contributed by atoms with Crippen LogP contribution >= 0.6 is 73.9 Å². The number of aromatic nitrogens is 20. The van der Waals surface area contributed by atoms with Crippen molar-refractivity contribution >= 4 is 120 Å². The summed E-state index contributed by atoms with van der Waals surface area (Å²) in [7, 11) is -6.11. The van der Waals surface area contributed by atoms with E-state index in [9.17, 15) is 0 Å². The summed E-state index contributed by atoms with van der Waals surface area (Å²) >= 11 is 33.4. The predicted octanol–water partition coefficient (Wildman–Crippen LogP) is 26.1. The number of H-pyrrole nitrogens is 1. The number of benzene rings is 5. The molecule has 0 saturated carbocycles. The molecular weight excluding hydrogens is 2090 g/mol. The minimum Gasteiger partial charge on any atom is -0.424 e. The van der Waals surface area contributed by atoms with E-state index >= 15 is 0 Å². The molecule has 0 amide bonds. The summed E-state index contributed by atoms with van der Waals surface area (Å²) in [6.07, 6.45) is 24.8. The van der Waals surface area contributed by atoms with Gasteiger partial charge in [-0.3, -0.25) is 4.57 Å². The van der Waals surface area contributed by atoms with Crippen LogP contribution in [0.15, 0.2) is 232 Å². The van der Waals surface area contributed by atoms with Gasteiger partial charge in [0, 0.05) is 170 Å². The van der Waals surface area contributed by atoms with Crippen LogP contribution in [0, 0.1) is 17.8 Å². The number of halogens is 6. The summed E-state index contributed by atoms with van der Waals surface area (Å²) in [6, 6.07) is 52.1. The first-order chi connectivity index (χ1) is 62.6. The van der Waals surface area contributed by atoms with Gasteiger partial charge in [0.2, 0.25) is 0 Å². The second kappa shape index (κ2) is 51.4. The van der Waals surface area contributed by atoms with E-state index in [4.69, 9.17) is 81.9 Å². The Balaban J connectivity index is 0.000000187. The number of nitrogens with one attached hydrogen (secondary N) is 1. The number of nitrogens with zero attached hydrogens (tertiary/aromatic N) is 19. The van der Waals surface area contributed by atoms with Crippen LogP contribution in [0.1, 0.15) is 19.1 Å². The summed E-state index contributed by atoms with van der Waals surface area (Å²) in [5.74, 6) is 4.78. The van der Waals surface area contributed by atoms with Gasteiger partial charge in [0.1, 0.15) is 78.2 Å². The Labute approximate surface area is 834 Å². The van der Waals surface area contributed by atoms with Crippen LogP contribution in [0.2, 0.25) is 147 Å². The fourth-order valence-electron chi connectivity index (χ4n) is 12.5. The molecule has 0 aliphatic carbocycles. The molecule has 10 aromatic heterocycles. The van der Waals surface area contributed by atoms with Crippen molar-refractivity contribution in [3.05, 3.63) is 275 Å². The third kappa shape index (κ3) is 34.0. The zero-order valence-corrected chi connectivity index (χ0v) is 90.1. The first-order valence-corrected chi connectivity index (χ1v) is 63.8. The van der Waals surface area contributed by atoms with Crippen molar-refractivity contribution < 1.29 is 40.0 Å². The number of ether oxygens (including phenoxy) is 4. The molecule has 0 bridgehead atoms. The van der Waals surface area contributed by atoms with E-state index in [-0.39, 0.29) is 28.5 Å². The van der Waals surface area contributed by atoms with Crippen molar-refractivity contribution in [3.63, 3.8) is 0 Å². The van der Waals surface area contributed by atoms with Gasteiger partial charge < -0.3 is 42.6 Å². The van der Waals surface area contributed by atoms with Gasteiger partial charge in [-0.25, -0.2) is 69.8 Å². The molecule has 0 unspecified atom stereocenters. The Morgan fingerprint density at radius 1 is 0.376 bits per heavy atom. The molecule has 0 fully saturated rings. The van der Waals surface area contributed by atoms with E-state index in [0.29, 0.717) is 64.5 Å². The third-order valence-corrected chi connectivity index (χ3v) is 28.7. The third-order valence-electron chi connectivity index (χ3n) is 19.5. The molecule has 10 heterocycles. The molecule has 694 valence electrons. The minimum absolute atomic E-state index is 0. The molecule has 36 heteroatoms. The zero-order chi connectivity index (χ0) is 93.7. The van der Waals surface area contributed by atoms with E-state index in [1.165, 1.54) is 19.0 Å². The van der Waals surface area contributed by atoms with Crippen molar-refractivity contribution in [1.82, 2.24) is 98.0 Å². The van der Waals surface area contributed by atoms with Crippen LogP contribution < -0.4 is 0 Å². The van der Waals surface area contributed by atoms with Crippen molar-refractivity contribution in [1.29, 1.82) is 0 Å². The first kappa shape index (κ1) is 107. The fraction of sp³-hybridized carbons (Fsp3) is 0.289. The number of hydrogen-bond acceptors (Lipinski definition) is 19. The molecule has 0 aliphatic rings. The molecule has 24 nitrogen and oxygen atoms in total. The second-order valence-corrected chi connectivity index (χ2v) is 66.2. The number of hydrogen-bond donors (Lipinski definition) is 1. The van der Waals surface area contributed by atoms with Gasteiger partial charge in [0.15, 0.2) is 5.82 Å². The van der Waals surface area contributed by atoms with Crippen molar-refractivity contribution in [2.24, 2.45) is 0 Å². The standard InChI is InChI=1S/C24H31ClN4OSi2.2C19H23ClN4OSi.C19H22ClN4OSi.C15H10BrClN4.CH4.W/c1-31(2,3)15-12-22-28-23(19-7-9-20(25)10-8-19)24(21-11-13-26-17-27-21)29(22)18-30-14-16-32(4,5)6;1-26(2,3)11-10-25-14-24-13-23-18(17-8-9-21-12-22-17)19(24)15-4-6-16(20)7-5-15;2*1-26(2,3)11-10-25-14-24-13-23-18(15-4-6-16(20)7-5-15)19(24)17-8-9-21-12-22-17;16-7-5-13-20-14(10-1-3-11(17)4-2-10)15(21-13)12-6-8-18-9-19-12;;/h7-11,13,17H,14,16,18H2,1-6H3;2*4-9,12-13H,10-11,14H2,1-3H3;4-9,12H,10-11,14H2,1-3H3;1-9H,(H,20,21);1H4;/q;;;-1;;;/b;;;;7-5+;;. The van der Waals surface area contributed by atoms with Crippen molar-refractivity contribution in [2.75, 3.05) is 26.4 Å². The Morgan fingerprint density at radius 3 is 1.14 bits per heavy atom. The number of rotatable bonds is 31. The van der Waals surface area contributed by atoms with Gasteiger partial charge in [-0.1, -0.05) is 257 Å². The smallest absolute Gasteiger partial charge is 0.187 e. The van der Waals surface area contributed by atoms with E-state index in [0.717, 1.165) is 163 Å². The average molecular weight is 2200 g/mol. The maximum atomic E-state index is 6.14. The molecule has 15 rings (SSSR count). The Hall–Kier alpha value is -9.61. The van der Waals surface area contributed by atoms with Gasteiger partial charge in [-0.15, -0.1) is 5.54 Å². The summed E-state index contributed by atoms with van der Waals surface area (Å²) in [4.78, 5) is 70.2.